The average molecular weight is 365 g/mol. The first-order valence-corrected chi connectivity index (χ1v) is 9.20. The van der Waals surface area contributed by atoms with Gasteiger partial charge in [-0.25, -0.2) is 0 Å². The van der Waals surface area contributed by atoms with Crippen molar-refractivity contribution in [3.05, 3.63) is 70.8 Å². The number of benzene rings is 2. The molecule has 0 aliphatic rings. The van der Waals surface area contributed by atoms with E-state index in [1.54, 1.807) is 50.5 Å². The van der Waals surface area contributed by atoms with Crippen LogP contribution in [-0.2, 0) is 0 Å². The Kier molecular flexibility index (Phi) is 7.35. The lowest BCUT2D eigenvalue weighted by atomic mass is 10.1. The van der Waals surface area contributed by atoms with Gasteiger partial charge in [-0.1, -0.05) is 37.1 Å². The highest BCUT2D eigenvalue weighted by Crippen LogP contribution is 2.22. The largest absolute Gasteiger partial charge is 0.493 e. The van der Waals surface area contributed by atoms with Crippen molar-refractivity contribution < 1.29 is 14.3 Å². The number of carbonyl (C=O) groups excluding carboxylic acids is 2. The number of hydrogen-bond acceptors (Lipinski definition) is 3. The third kappa shape index (κ3) is 5.81. The molecule has 0 atom stereocenters. The molecule has 0 bridgehead atoms. The molecule has 0 aliphatic heterocycles. The van der Waals surface area contributed by atoms with Crippen molar-refractivity contribution in [2.24, 2.45) is 0 Å². The molecule has 0 saturated carbocycles. The first kappa shape index (κ1) is 20.4. The van der Waals surface area contributed by atoms with E-state index >= 15 is 0 Å². The summed E-state index contributed by atoms with van der Waals surface area (Å²) < 4.78 is 5.83. The monoisotopic (exact) mass is 365 g/mol. The van der Waals surface area contributed by atoms with Crippen molar-refractivity contribution in [3.8, 4) is 5.75 Å². The van der Waals surface area contributed by atoms with Crippen LogP contribution < -0.4 is 4.74 Å². The van der Waals surface area contributed by atoms with Crippen LogP contribution >= 0.6 is 0 Å². The zero-order chi connectivity index (χ0) is 19.8. The Morgan fingerprint density at radius 2 is 1.70 bits per heavy atom. The van der Waals surface area contributed by atoms with E-state index < -0.39 is 0 Å². The molecule has 27 heavy (non-hydrogen) atoms. The van der Waals surface area contributed by atoms with Crippen molar-refractivity contribution in [3.63, 3.8) is 0 Å². The minimum absolute atomic E-state index is 0.0850. The van der Waals surface area contributed by atoms with Crippen LogP contribution in [0.2, 0.25) is 0 Å². The normalized spacial score (nSPS) is 10.8. The van der Waals surface area contributed by atoms with Crippen LogP contribution in [0.1, 0.15) is 51.6 Å². The number of hydrogen-bond donors (Lipinski definition) is 0. The lowest BCUT2D eigenvalue weighted by Gasteiger charge is -2.10. The Bertz CT molecular complexity index is 820. The molecular formula is C23H27NO3. The summed E-state index contributed by atoms with van der Waals surface area (Å²) in [5, 5.41) is 0. The molecule has 4 heteroatoms. The number of aryl methyl sites for hydroxylation is 1. The van der Waals surface area contributed by atoms with E-state index in [1.807, 2.05) is 25.1 Å². The van der Waals surface area contributed by atoms with E-state index in [0.717, 1.165) is 29.7 Å². The van der Waals surface area contributed by atoms with Gasteiger partial charge in [-0.3, -0.25) is 9.59 Å². The zero-order valence-electron chi connectivity index (χ0n) is 16.5. The minimum Gasteiger partial charge on any atom is -0.493 e. The summed E-state index contributed by atoms with van der Waals surface area (Å²) >= 11 is 0. The zero-order valence-corrected chi connectivity index (χ0v) is 16.5. The number of carbonyl (C=O) groups is 2. The highest BCUT2D eigenvalue weighted by Gasteiger charge is 2.09. The molecule has 2 aromatic carbocycles. The summed E-state index contributed by atoms with van der Waals surface area (Å²) in [5.74, 6) is 0.586. The van der Waals surface area contributed by atoms with E-state index in [0.29, 0.717) is 17.7 Å². The second-order valence-corrected chi connectivity index (χ2v) is 6.72. The van der Waals surface area contributed by atoms with E-state index in [4.69, 9.17) is 4.74 Å². The molecular weight excluding hydrogens is 338 g/mol. The second-order valence-electron chi connectivity index (χ2n) is 6.72. The molecule has 0 saturated heterocycles. The molecule has 0 radical (unpaired) electrons. The van der Waals surface area contributed by atoms with Crippen molar-refractivity contribution in [2.75, 3.05) is 20.7 Å². The SMILES string of the molecule is CCCCOc1ccc(C)cc1C=CC(=O)c1ccc(C(=O)N(C)C)cc1. The maximum absolute atomic E-state index is 12.5. The third-order valence-corrected chi connectivity index (χ3v) is 4.16. The molecule has 0 unspecified atom stereocenters. The fourth-order valence-corrected chi connectivity index (χ4v) is 2.55. The van der Waals surface area contributed by atoms with Crippen LogP contribution in [0.4, 0.5) is 0 Å². The van der Waals surface area contributed by atoms with E-state index in [2.05, 4.69) is 6.92 Å². The van der Waals surface area contributed by atoms with Crippen LogP contribution in [0.3, 0.4) is 0 Å². The summed E-state index contributed by atoms with van der Waals surface area (Å²) in [6.07, 6.45) is 5.40. The van der Waals surface area contributed by atoms with Crippen molar-refractivity contribution >= 4 is 17.8 Å². The van der Waals surface area contributed by atoms with Gasteiger partial charge in [0.1, 0.15) is 5.75 Å². The van der Waals surface area contributed by atoms with Crippen LogP contribution in [-0.4, -0.2) is 37.3 Å². The standard InChI is InChI=1S/C23H27NO3/c1-5-6-15-27-22-14-7-17(2)16-20(22)12-13-21(25)18-8-10-19(11-9-18)23(26)24(3)4/h7-14,16H,5-6,15H2,1-4H3. The first-order valence-electron chi connectivity index (χ1n) is 9.20. The number of nitrogens with zero attached hydrogens (tertiary/aromatic N) is 1. The predicted molar refractivity (Wildman–Crippen MR) is 109 cm³/mol. The van der Waals surface area contributed by atoms with Crippen molar-refractivity contribution in [1.82, 2.24) is 4.90 Å². The average Bonchev–Trinajstić information content (AvgIpc) is 2.67. The van der Waals surface area contributed by atoms with Gasteiger partial charge in [-0.2, -0.15) is 0 Å². The van der Waals surface area contributed by atoms with Gasteiger partial charge in [-0.15, -0.1) is 0 Å². The number of amides is 1. The molecule has 0 aliphatic carbocycles. The smallest absolute Gasteiger partial charge is 0.253 e. The van der Waals surface area contributed by atoms with Crippen LogP contribution in [0.5, 0.6) is 5.75 Å². The maximum atomic E-state index is 12.5. The summed E-state index contributed by atoms with van der Waals surface area (Å²) in [5.41, 5.74) is 3.10. The summed E-state index contributed by atoms with van der Waals surface area (Å²) in [6, 6.07) is 12.7. The molecule has 0 N–H and O–H groups in total. The topological polar surface area (TPSA) is 46.6 Å². The Balaban J connectivity index is 2.14. The van der Waals surface area contributed by atoms with Gasteiger partial charge in [0.2, 0.25) is 0 Å². The van der Waals surface area contributed by atoms with Gasteiger partial charge in [-0.05, 0) is 49.8 Å². The Morgan fingerprint density at radius 1 is 1.04 bits per heavy atom. The number of allylic oxidation sites excluding steroid dienone is 1. The number of rotatable bonds is 8. The van der Waals surface area contributed by atoms with Gasteiger partial charge >= 0.3 is 0 Å². The van der Waals surface area contributed by atoms with Gasteiger partial charge < -0.3 is 9.64 Å². The predicted octanol–water partition coefficient (Wildman–Crippen LogP) is 4.77. The van der Waals surface area contributed by atoms with Gasteiger partial charge in [0.15, 0.2) is 5.78 Å². The summed E-state index contributed by atoms with van der Waals surface area (Å²) in [7, 11) is 3.40. The van der Waals surface area contributed by atoms with Gasteiger partial charge in [0.25, 0.3) is 5.91 Å². The number of ether oxygens (including phenoxy) is 1. The summed E-state index contributed by atoms with van der Waals surface area (Å²) in [4.78, 5) is 25.9. The number of ketones is 1. The lowest BCUT2D eigenvalue weighted by Crippen LogP contribution is -2.21. The molecule has 4 nitrogen and oxygen atoms in total. The highest BCUT2D eigenvalue weighted by atomic mass is 16.5. The van der Waals surface area contributed by atoms with E-state index in [9.17, 15) is 9.59 Å². The third-order valence-electron chi connectivity index (χ3n) is 4.16. The number of unbranched alkanes of at least 4 members (excludes halogenated alkanes) is 1. The molecule has 2 rings (SSSR count). The fourth-order valence-electron chi connectivity index (χ4n) is 2.55. The highest BCUT2D eigenvalue weighted by molar-refractivity contribution is 6.07. The van der Waals surface area contributed by atoms with Crippen molar-refractivity contribution in [1.29, 1.82) is 0 Å². The lowest BCUT2D eigenvalue weighted by molar-refractivity contribution is 0.0827. The quantitative estimate of drug-likeness (QED) is 0.384. The van der Waals surface area contributed by atoms with Crippen LogP contribution in [0.25, 0.3) is 6.08 Å². The van der Waals surface area contributed by atoms with E-state index in [-0.39, 0.29) is 11.7 Å². The molecule has 0 fully saturated rings. The van der Waals surface area contributed by atoms with Crippen molar-refractivity contribution in [2.45, 2.75) is 26.7 Å². The van der Waals surface area contributed by atoms with Crippen LogP contribution in [0, 0.1) is 6.92 Å². The summed E-state index contributed by atoms with van der Waals surface area (Å²) in [6.45, 7) is 4.79. The molecule has 142 valence electrons. The first-order chi connectivity index (χ1) is 12.9. The fraction of sp³-hybridized carbons (Fsp3) is 0.304. The minimum atomic E-state index is -0.111. The molecule has 0 heterocycles. The Labute approximate surface area is 161 Å². The van der Waals surface area contributed by atoms with Gasteiger partial charge in [0.05, 0.1) is 6.61 Å². The molecule has 0 aromatic heterocycles. The maximum Gasteiger partial charge on any atom is 0.253 e. The molecule has 0 spiro atoms. The van der Waals surface area contributed by atoms with E-state index in [1.165, 1.54) is 4.90 Å². The second kappa shape index (κ2) is 9.72. The molecule has 1 amide bonds. The Morgan fingerprint density at radius 3 is 2.33 bits per heavy atom. The Hall–Kier alpha value is -2.88. The van der Waals surface area contributed by atoms with Crippen LogP contribution in [0.15, 0.2) is 48.5 Å². The molecule has 2 aromatic rings. The van der Waals surface area contributed by atoms with Gasteiger partial charge in [0, 0.05) is 30.8 Å².